The highest BCUT2D eigenvalue weighted by Crippen LogP contribution is 2.37. The number of rotatable bonds is 5. The Kier molecular flexibility index (Phi) is 4.74. The molecule has 0 aromatic carbocycles. The second kappa shape index (κ2) is 6.34. The molecular weight excluding hydrogens is 287 g/mol. The Labute approximate surface area is 118 Å². The monoisotopic (exact) mass is 301 g/mol. The Morgan fingerprint density at radius 1 is 1.35 bits per heavy atom. The summed E-state index contributed by atoms with van der Waals surface area (Å²) in [6.45, 7) is 0. The fourth-order valence-electron chi connectivity index (χ4n) is 1.99. The van der Waals surface area contributed by atoms with Crippen molar-refractivity contribution < 1.29 is 13.2 Å². The number of nitrogens with two attached hydrogens (primary N) is 1. The van der Waals surface area contributed by atoms with Gasteiger partial charge in [0.2, 0.25) is 0 Å². The van der Waals surface area contributed by atoms with Gasteiger partial charge in [-0.1, -0.05) is 6.07 Å². The van der Waals surface area contributed by atoms with Gasteiger partial charge in [0.05, 0.1) is 5.56 Å². The van der Waals surface area contributed by atoms with Crippen LogP contribution in [0, 0.1) is 0 Å². The van der Waals surface area contributed by atoms with Gasteiger partial charge in [-0.05, 0) is 35.4 Å². The second-order valence-corrected chi connectivity index (χ2v) is 5.10. The van der Waals surface area contributed by atoms with Crippen molar-refractivity contribution in [1.82, 2.24) is 10.4 Å². The molecule has 2 rings (SSSR count). The summed E-state index contributed by atoms with van der Waals surface area (Å²) in [6, 6.07) is 3.16. The molecule has 0 saturated carbocycles. The topological polar surface area (TPSA) is 50.9 Å². The van der Waals surface area contributed by atoms with E-state index in [0.717, 1.165) is 22.3 Å². The lowest BCUT2D eigenvalue weighted by molar-refractivity contribution is -0.138. The van der Waals surface area contributed by atoms with Crippen LogP contribution in [0.3, 0.4) is 0 Å². The summed E-state index contributed by atoms with van der Waals surface area (Å²) in [4.78, 5) is 3.98. The van der Waals surface area contributed by atoms with Crippen molar-refractivity contribution in [1.29, 1.82) is 0 Å². The van der Waals surface area contributed by atoms with Gasteiger partial charge in [-0.3, -0.25) is 16.3 Å². The second-order valence-electron chi connectivity index (χ2n) is 4.36. The first kappa shape index (κ1) is 15.0. The molecule has 0 radical (unpaired) electrons. The third-order valence-electron chi connectivity index (χ3n) is 3.02. The van der Waals surface area contributed by atoms with Crippen LogP contribution >= 0.6 is 11.3 Å². The molecule has 0 aliphatic carbocycles. The van der Waals surface area contributed by atoms with Gasteiger partial charge in [0.15, 0.2) is 0 Å². The molecule has 0 bridgehead atoms. The van der Waals surface area contributed by atoms with Crippen molar-refractivity contribution in [3.05, 3.63) is 52.0 Å². The van der Waals surface area contributed by atoms with Crippen LogP contribution in [0.2, 0.25) is 0 Å². The summed E-state index contributed by atoms with van der Waals surface area (Å²) in [5.74, 6) is 5.41. The van der Waals surface area contributed by atoms with E-state index in [-0.39, 0.29) is 5.56 Å². The maximum atomic E-state index is 12.9. The van der Waals surface area contributed by atoms with Crippen LogP contribution in [0.25, 0.3) is 0 Å². The molecule has 108 valence electrons. The molecule has 2 aromatic rings. The molecule has 1 atom stereocenters. The summed E-state index contributed by atoms with van der Waals surface area (Å²) in [6.07, 6.45) is 0.0885. The van der Waals surface area contributed by atoms with Crippen LogP contribution in [0.4, 0.5) is 13.2 Å². The first-order chi connectivity index (χ1) is 9.52. The molecule has 0 amide bonds. The molecule has 3 nitrogen and oxygen atoms in total. The number of nitrogens with one attached hydrogen (secondary N) is 1. The van der Waals surface area contributed by atoms with Crippen molar-refractivity contribution in [2.75, 3.05) is 0 Å². The number of nitrogens with zero attached hydrogens (tertiary/aromatic N) is 1. The standard InChI is InChI=1S/C13H14F3N3S/c14-13(15,16)11-8-20-7-10(11)12(19-17)4-3-9-2-1-5-18-6-9/h1-2,5-8,12,19H,3-4,17H2. The Morgan fingerprint density at radius 3 is 2.75 bits per heavy atom. The molecule has 2 aromatic heterocycles. The minimum Gasteiger partial charge on any atom is -0.271 e. The Morgan fingerprint density at radius 2 is 2.15 bits per heavy atom. The van der Waals surface area contributed by atoms with E-state index in [1.165, 1.54) is 5.38 Å². The van der Waals surface area contributed by atoms with E-state index in [9.17, 15) is 13.2 Å². The summed E-state index contributed by atoms with van der Waals surface area (Å²) < 4.78 is 38.6. The molecule has 3 N–H and O–H groups in total. The van der Waals surface area contributed by atoms with Gasteiger partial charge in [-0.25, -0.2) is 0 Å². The lowest BCUT2D eigenvalue weighted by Crippen LogP contribution is -2.29. The van der Waals surface area contributed by atoms with Gasteiger partial charge in [-0.15, -0.1) is 0 Å². The van der Waals surface area contributed by atoms with E-state index in [2.05, 4.69) is 10.4 Å². The minimum absolute atomic E-state index is 0.203. The van der Waals surface area contributed by atoms with Crippen LogP contribution in [-0.2, 0) is 12.6 Å². The molecule has 1 unspecified atom stereocenters. The van der Waals surface area contributed by atoms with Crippen LogP contribution in [0.5, 0.6) is 0 Å². The summed E-state index contributed by atoms with van der Waals surface area (Å²) >= 11 is 1.03. The first-order valence-electron chi connectivity index (χ1n) is 6.00. The molecule has 0 aliphatic rings. The zero-order valence-electron chi connectivity index (χ0n) is 10.5. The van der Waals surface area contributed by atoms with E-state index < -0.39 is 17.8 Å². The van der Waals surface area contributed by atoms with E-state index in [0.29, 0.717) is 12.8 Å². The summed E-state index contributed by atoms with van der Waals surface area (Å²) in [5, 5.41) is 2.61. The van der Waals surface area contributed by atoms with Crippen LogP contribution in [-0.4, -0.2) is 4.98 Å². The van der Waals surface area contributed by atoms with Gasteiger partial charge in [0.25, 0.3) is 0 Å². The van der Waals surface area contributed by atoms with Crippen molar-refractivity contribution in [3.63, 3.8) is 0 Å². The highest BCUT2D eigenvalue weighted by Gasteiger charge is 2.35. The summed E-state index contributed by atoms with van der Waals surface area (Å²) in [7, 11) is 0. The normalized spacial score (nSPS) is 13.4. The van der Waals surface area contributed by atoms with Crippen molar-refractivity contribution in [2.45, 2.75) is 25.1 Å². The third-order valence-corrected chi connectivity index (χ3v) is 3.78. The Hall–Kier alpha value is -1.44. The van der Waals surface area contributed by atoms with Crippen LogP contribution < -0.4 is 11.3 Å². The van der Waals surface area contributed by atoms with E-state index in [1.54, 1.807) is 18.5 Å². The zero-order valence-corrected chi connectivity index (χ0v) is 11.3. The predicted octanol–water partition coefficient (Wildman–Crippen LogP) is 3.30. The van der Waals surface area contributed by atoms with Crippen molar-refractivity contribution in [3.8, 4) is 0 Å². The van der Waals surface area contributed by atoms with Gasteiger partial charge in [-0.2, -0.15) is 24.5 Å². The fraction of sp³-hybridized carbons (Fsp3) is 0.308. The largest absolute Gasteiger partial charge is 0.417 e. The molecule has 0 saturated heterocycles. The number of hydrogen-bond donors (Lipinski definition) is 2. The molecule has 20 heavy (non-hydrogen) atoms. The lowest BCUT2D eigenvalue weighted by atomic mass is 9.99. The zero-order chi connectivity index (χ0) is 14.6. The Balaban J connectivity index is 2.11. The van der Waals surface area contributed by atoms with Crippen molar-refractivity contribution >= 4 is 11.3 Å². The summed E-state index contributed by atoms with van der Waals surface area (Å²) in [5.41, 5.74) is 3.03. The molecule has 0 aliphatic heterocycles. The van der Waals surface area contributed by atoms with E-state index >= 15 is 0 Å². The third kappa shape index (κ3) is 3.56. The van der Waals surface area contributed by atoms with Crippen LogP contribution in [0.1, 0.15) is 29.2 Å². The smallest absolute Gasteiger partial charge is 0.271 e. The molecular formula is C13H14F3N3S. The fourth-order valence-corrected chi connectivity index (χ4v) is 2.90. The maximum absolute atomic E-state index is 12.9. The highest BCUT2D eigenvalue weighted by atomic mass is 32.1. The van der Waals surface area contributed by atoms with Crippen LogP contribution in [0.15, 0.2) is 35.3 Å². The van der Waals surface area contributed by atoms with Crippen molar-refractivity contribution in [2.24, 2.45) is 5.84 Å². The number of aromatic nitrogens is 1. The number of thiophene rings is 1. The first-order valence-corrected chi connectivity index (χ1v) is 6.95. The minimum atomic E-state index is -4.35. The highest BCUT2D eigenvalue weighted by molar-refractivity contribution is 7.08. The molecule has 0 fully saturated rings. The van der Waals surface area contributed by atoms with E-state index in [1.807, 2.05) is 6.07 Å². The molecule has 0 spiro atoms. The molecule has 2 heterocycles. The van der Waals surface area contributed by atoms with Gasteiger partial charge >= 0.3 is 6.18 Å². The number of hydrazine groups is 1. The number of hydrogen-bond acceptors (Lipinski definition) is 4. The number of aryl methyl sites for hydroxylation is 1. The number of pyridine rings is 1. The average Bonchev–Trinajstić information content (AvgIpc) is 2.90. The quantitative estimate of drug-likeness (QED) is 0.658. The maximum Gasteiger partial charge on any atom is 0.417 e. The number of halogens is 3. The van der Waals surface area contributed by atoms with Gasteiger partial charge < -0.3 is 0 Å². The van der Waals surface area contributed by atoms with E-state index in [4.69, 9.17) is 5.84 Å². The molecule has 7 heteroatoms. The van der Waals surface area contributed by atoms with Gasteiger partial charge in [0.1, 0.15) is 0 Å². The Bertz CT molecular complexity index is 539. The average molecular weight is 301 g/mol. The SMILES string of the molecule is NNC(CCc1cccnc1)c1cscc1C(F)(F)F. The lowest BCUT2D eigenvalue weighted by Gasteiger charge is -2.18. The predicted molar refractivity (Wildman–Crippen MR) is 71.9 cm³/mol. The van der Waals surface area contributed by atoms with Gasteiger partial charge in [0, 0.05) is 23.8 Å². The number of alkyl halides is 3.